The van der Waals surface area contributed by atoms with Crippen molar-refractivity contribution in [1.29, 1.82) is 0 Å². The van der Waals surface area contributed by atoms with E-state index in [-0.39, 0.29) is 24.0 Å². The minimum Gasteiger partial charge on any atom is -0.381 e. The Hall–Kier alpha value is -0.0400. The molecule has 1 aliphatic heterocycles. The summed E-state index contributed by atoms with van der Waals surface area (Å²) in [5.74, 6) is 3.45. The van der Waals surface area contributed by atoms with Crippen LogP contribution in [0, 0.1) is 17.8 Å². The Kier molecular flexibility index (Phi) is 8.94. The van der Waals surface area contributed by atoms with Crippen LogP contribution in [-0.2, 0) is 4.74 Å². The van der Waals surface area contributed by atoms with Crippen molar-refractivity contribution in [3.8, 4) is 0 Å². The monoisotopic (exact) mass is 409 g/mol. The topological polar surface area (TPSA) is 36.9 Å². The van der Waals surface area contributed by atoms with Crippen LogP contribution in [0.25, 0.3) is 0 Å². The number of guanidine groups is 1. The minimum atomic E-state index is 0. The van der Waals surface area contributed by atoms with Crippen LogP contribution in [-0.4, -0.2) is 50.8 Å². The normalized spacial score (nSPS) is 26.4. The van der Waals surface area contributed by atoms with Gasteiger partial charge in [-0.3, -0.25) is 4.99 Å². The summed E-state index contributed by atoms with van der Waals surface area (Å²) >= 11 is 0. The third-order valence-electron chi connectivity index (χ3n) is 4.18. The highest BCUT2D eigenvalue weighted by molar-refractivity contribution is 14.0. The van der Waals surface area contributed by atoms with Crippen LogP contribution in [0.4, 0.5) is 0 Å². The molecule has 0 radical (unpaired) electrons. The molecule has 1 N–H and O–H groups in total. The molecule has 0 aromatic rings. The Labute approximate surface area is 147 Å². The van der Waals surface area contributed by atoms with E-state index in [0.717, 1.165) is 63.0 Å². The van der Waals surface area contributed by atoms with Gasteiger partial charge >= 0.3 is 0 Å². The van der Waals surface area contributed by atoms with Gasteiger partial charge in [0.25, 0.3) is 0 Å². The van der Waals surface area contributed by atoms with E-state index in [1.807, 2.05) is 7.05 Å². The number of hydrogen-bond acceptors (Lipinski definition) is 2. The molecule has 21 heavy (non-hydrogen) atoms. The second kappa shape index (κ2) is 9.87. The smallest absolute Gasteiger partial charge is 0.193 e. The summed E-state index contributed by atoms with van der Waals surface area (Å²) in [6.45, 7) is 9.72. The first-order valence-electron chi connectivity index (χ1n) is 8.22. The van der Waals surface area contributed by atoms with Gasteiger partial charge < -0.3 is 15.0 Å². The average molecular weight is 409 g/mol. The molecule has 2 rings (SSSR count). The maximum atomic E-state index is 5.66. The molecular weight excluding hydrogens is 377 g/mol. The highest BCUT2D eigenvalue weighted by Crippen LogP contribution is 2.28. The zero-order valence-corrected chi connectivity index (χ0v) is 16.1. The summed E-state index contributed by atoms with van der Waals surface area (Å²) in [7, 11) is 1.88. The predicted octanol–water partition coefficient (Wildman–Crippen LogP) is 2.97. The summed E-state index contributed by atoms with van der Waals surface area (Å²) in [6.07, 6.45) is 5.14. The predicted molar refractivity (Wildman–Crippen MR) is 99.5 cm³/mol. The number of hydrogen-bond donors (Lipinski definition) is 1. The Morgan fingerprint density at radius 1 is 1.24 bits per heavy atom. The number of aliphatic imine (C=N–C) groups is 1. The molecule has 1 aliphatic carbocycles. The fourth-order valence-electron chi connectivity index (χ4n) is 3.08. The molecule has 1 saturated carbocycles. The maximum absolute atomic E-state index is 5.66. The molecule has 2 unspecified atom stereocenters. The lowest BCUT2D eigenvalue weighted by molar-refractivity contribution is 0.122. The van der Waals surface area contributed by atoms with Gasteiger partial charge in [-0.05, 0) is 43.4 Å². The maximum Gasteiger partial charge on any atom is 0.193 e. The van der Waals surface area contributed by atoms with Gasteiger partial charge in [0.1, 0.15) is 0 Å². The zero-order chi connectivity index (χ0) is 14.4. The molecule has 0 bridgehead atoms. The molecule has 1 saturated heterocycles. The van der Waals surface area contributed by atoms with E-state index >= 15 is 0 Å². The molecule has 2 aliphatic rings. The largest absolute Gasteiger partial charge is 0.381 e. The van der Waals surface area contributed by atoms with Crippen molar-refractivity contribution in [2.45, 2.75) is 39.5 Å². The lowest BCUT2D eigenvalue weighted by Crippen LogP contribution is -2.48. The summed E-state index contributed by atoms with van der Waals surface area (Å²) in [5.41, 5.74) is 0. The molecule has 1 heterocycles. The van der Waals surface area contributed by atoms with Gasteiger partial charge in [-0.25, -0.2) is 0 Å². The third-order valence-corrected chi connectivity index (χ3v) is 4.18. The Morgan fingerprint density at radius 3 is 2.48 bits per heavy atom. The molecule has 0 spiro atoms. The van der Waals surface area contributed by atoms with E-state index in [9.17, 15) is 0 Å². The SMILES string of the molecule is CN=C(NCCCOCC1CC1)N1CC(C)CC(C)C1.I. The number of piperidine rings is 1. The lowest BCUT2D eigenvalue weighted by atomic mass is 9.92. The second-order valence-electron chi connectivity index (χ2n) is 6.70. The van der Waals surface area contributed by atoms with Crippen molar-refractivity contribution in [3.05, 3.63) is 0 Å². The van der Waals surface area contributed by atoms with Crippen LogP contribution in [0.3, 0.4) is 0 Å². The molecule has 0 aromatic heterocycles. The first-order chi connectivity index (χ1) is 9.69. The lowest BCUT2D eigenvalue weighted by Gasteiger charge is -2.37. The molecule has 5 heteroatoms. The molecule has 2 atom stereocenters. The number of halogens is 1. The highest BCUT2D eigenvalue weighted by Gasteiger charge is 2.24. The van der Waals surface area contributed by atoms with Crippen molar-refractivity contribution >= 4 is 29.9 Å². The van der Waals surface area contributed by atoms with Gasteiger partial charge in [0.2, 0.25) is 0 Å². The number of rotatable bonds is 6. The quantitative estimate of drug-likeness (QED) is 0.317. The van der Waals surface area contributed by atoms with Crippen LogP contribution in [0.5, 0.6) is 0 Å². The second-order valence-corrected chi connectivity index (χ2v) is 6.70. The van der Waals surface area contributed by atoms with Gasteiger partial charge in [-0.15, -0.1) is 24.0 Å². The summed E-state index contributed by atoms with van der Waals surface area (Å²) in [6, 6.07) is 0. The van der Waals surface area contributed by atoms with Gasteiger partial charge in [0.05, 0.1) is 0 Å². The standard InChI is InChI=1S/C16H31N3O.HI/c1-13-9-14(2)11-19(10-13)16(17-3)18-7-4-8-20-12-15-5-6-15;/h13-15H,4-12H2,1-3H3,(H,17,18);1H. The summed E-state index contributed by atoms with van der Waals surface area (Å²) < 4.78 is 5.66. The zero-order valence-electron chi connectivity index (χ0n) is 13.8. The van der Waals surface area contributed by atoms with Crippen LogP contribution >= 0.6 is 24.0 Å². The van der Waals surface area contributed by atoms with Gasteiger partial charge in [0, 0.05) is 39.9 Å². The number of ether oxygens (including phenoxy) is 1. The fraction of sp³-hybridized carbons (Fsp3) is 0.938. The van der Waals surface area contributed by atoms with E-state index < -0.39 is 0 Å². The highest BCUT2D eigenvalue weighted by atomic mass is 127. The Balaban J connectivity index is 0.00000220. The van der Waals surface area contributed by atoms with Crippen LogP contribution in [0.15, 0.2) is 4.99 Å². The van der Waals surface area contributed by atoms with Crippen molar-refractivity contribution in [2.75, 3.05) is 39.9 Å². The van der Waals surface area contributed by atoms with Gasteiger partial charge in [-0.2, -0.15) is 0 Å². The Bertz CT molecular complexity index is 311. The molecule has 124 valence electrons. The van der Waals surface area contributed by atoms with Crippen molar-refractivity contribution in [2.24, 2.45) is 22.7 Å². The van der Waals surface area contributed by atoms with Crippen LogP contribution in [0.2, 0.25) is 0 Å². The third kappa shape index (κ3) is 7.17. The number of likely N-dealkylation sites (tertiary alicyclic amines) is 1. The molecule has 0 amide bonds. The van der Waals surface area contributed by atoms with Crippen LogP contribution < -0.4 is 5.32 Å². The number of nitrogens with zero attached hydrogens (tertiary/aromatic N) is 2. The molecule has 0 aromatic carbocycles. The van der Waals surface area contributed by atoms with E-state index in [1.165, 1.54) is 19.3 Å². The van der Waals surface area contributed by atoms with Crippen molar-refractivity contribution in [1.82, 2.24) is 10.2 Å². The van der Waals surface area contributed by atoms with Crippen LogP contribution in [0.1, 0.15) is 39.5 Å². The van der Waals surface area contributed by atoms with E-state index in [2.05, 4.69) is 29.1 Å². The van der Waals surface area contributed by atoms with E-state index in [1.54, 1.807) is 0 Å². The van der Waals surface area contributed by atoms with Gasteiger partial charge in [0.15, 0.2) is 5.96 Å². The molecular formula is C16H32IN3O. The Morgan fingerprint density at radius 2 is 1.90 bits per heavy atom. The molecule has 2 fully saturated rings. The van der Waals surface area contributed by atoms with Crippen molar-refractivity contribution in [3.63, 3.8) is 0 Å². The first kappa shape index (κ1) is 19.0. The summed E-state index contributed by atoms with van der Waals surface area (Å²) in [4.78, 5) is 6.83. The summed E-state index contributed by atoms with van der Waals surface area (Å²) in [5, 5.41) is 3.48. The van der Waals surface area contributed by atoms with E-state index in [4.69, 9.17) is 4.74 Å². The van der Waals surface area contributed by atoms with E-state index in [0.29, 0.717) is 0 Å². The average Bonchev–Trinajstić information content (AvgIpc) is 3.21. The minimum absolute atomic E-state index is 0. The van der Waals surface area contributed by atoms with Gasteiger partial charge in [-0.1, -0.05) is 13.8 Å². The fourth-order valence-corrected chi connectivity index (χ4v) is 3.08. The number of nitrogens with one attached hydrogen (secondary N) is 1. The molecule has 4 nitrogen and oxygen atoms in total. The van der Waals surface area contributed by atoms with Crippen molar-refractivity contribution < 1.29 is 4.74 Å². The first-order valence-corrected chi connectivity index (χ1v) is 8.22.